The van der Waals surface area contributed by atoms with Gasteiger partial charge in [-0.25, -0.2) is 12.8 Å². The molecule has 1 amide bonds. The Morgan fingerprint density at radius 2 is 1.92 bits per heavy atom. The Labute approximate surface area is 142 Å². The fourth-order valence-corrected chi connectivity index (χ4v) is 5.38. The molecule has 0 aliphatic carbocycles. The maximum atomic E-state index is 13.8. The lowest BCUT2D eigenvalue weighted by Crippen LogP contribution is -2.61. The van der Waals surface area contributed by atoms with E-state index in [0.29, 0.717) is 24.9 Å². The first-order valence-corrected chi connectivity index (χ1v) is 9.73. The van der Waals surface area contributed by atoms with E-state index in [4.69, 9.17) is 0 Å². The molecule has 2 aliphatic heterocycles. The molecule has 2 heterocycles. The molecule has 0 radical (unpaired) electrons. The van der Waals surface area contributed by atoms with E-state index in [2.05, 4.69) is 0 Å². The average Bonchev–Trinajstić information content (AvgIpc) is 2.55. The van der Waals surface area contributed by atoms with Crippen LogP contribution in [0, 0.1) is 12.7 Å². The van der Waals surface area contributed by atoms with Crippen molar-refractivity contribution in [2.45, 2.75) is 49.5 Å². The van der Waals surface area contributed by atoms with E-state index >= 15 is 0 Å². The van der Waals surface area contributed by atoms with Crippen molar-refractivity contribution >= 4 is 15.9 Å². The van der Waals surface area contributed by atoms with Gasteiger partial charge < -0.3 is 4.90 Å². The van der Waals surface area contributed by atoms with Gasteiger partial charge in [-0.05, 0) is 50.3 Å². The number of aryl methyl sites for hydroxylation is 1. The highest BCUT2D eigenvalue weighted by atomic mass is 32.2. The highest BCUT2D eigenvalue weighted by Gasteiger charge is 2.46. The first-order chi connectivity index (χ1) is 11.3. The van der Waals surface area contributed by atoms with Gasteiger partial charge in [0.2, 0.25) is 15.9 Å². The molecule has 3 rings (SSSR count). The molecule has 1 atom stereocenters. The maximum Gasteiger partial charge on any atom is 0.243 e. The summed E-state index contributed by atoms with van der Waals surface area (Å²) in [5.41, 5.74) is -0.00847. The SMILES string of the molecule is Cc1ccc(S(=O)(=O)N2CCC[C@]3(CCCC(=O)N3C)C2)cc1F. The molecule has 2 saturated heterocycles. The highest BCUT2D eigenvalue weighted by Crippen LogP contribution is 2.37. The fourth-order valence-electron chi connectivity index (χ4n) is 3.81. The summed E-state index contributed by atoms with van der Waals surface area (Å²) in [6, 6.07) is 4.02. The van der Waals surface area contributed by atoms with Crippen molar-refractivity contribution in [1.29, 1.82) is 0 Å². The Morgan fingerprint density at radius 1 is 1.21 bits per heavy atom. The van der Waals surface area contributed by atoms with Gasteiger partial charge in [-0.3, -0.25) is 4.79 Å². The van der Waals surface area contributed by atoms with Gasteiger partial charge in [0.25, 0.3) is 0 Å². The monoisotopic (exact) mass is 354 g/mol. The van der Waals surface area contributed by atoms with E-state index in [9.17, 15) is 17.6 Å². The molecular formula is C17H23FN2O3S. The lowest BCUT2D eigenvalue weighted by atomic mass is 9.81. The molecule has 132 valence electrons. The number of carbonyl (C=O) groups excluding carboxylic acids is 1. The van der Waals surface area contributed by atoms with Crippen molar-refractivity contribution in [3.8, 4) is 0 Å². The van der Waals surface area contributed by atoms with Crippen molar-refractivity contribution in [2.75, 3.05) is 20.1 Å². The normalized spacial score (nSPS) is 26.1. The Morgan fingerprint density at radius 3 is 2.62 bits per heavy atom. The molecule has 0 unspecified atom stereocenters. The summed E-state index contributed by atoms with van der Waals surface area (Å²) in [4.78, 5) is 13.8. The molecule has 0 aromatic heterocycles. The molecule has 5 nitrogen and oxygen atoms in total. The zero-order chi connectivity index (χ0) is 17.5. The minimum absolute atomic E-state index is 0.0209. The molecule has 1 aromatic carbocycles. The number of rotatable bonds is 2. The van der Waals surface area contributed by atoms with Gasteiger partial charge in [0.1, 0.15) is 5.82 Å². The van der Waals surface area contributed by atoms with Gasteiger partial charge in [-0.1, -0.05) is 6.07 Å². The Hall–Kier alpha value is -1.47. The molecule has 24 heavy (non-hydrogen) atoms. The molecular weight excluding hydrogens is 331 g/mol. The molecule has 0 bridgehead atoms. The Balaban J connectivity index is 1.91. The van der Waals surface area contributed by atoms with E-state index in [1.807, 2.05) is 0 Å². The Kier molecular flexibility index (Phi) is 4.42. The summed E-state index contributed by atoms with van der Waals surface area (Å²) in [6.45, 7) is 2.29. The van der Waals surface area contributed by atoms with E-state index in [1.54, 1.807) is 18.9 Å². The van der Waals surface area contributed by atoms with Crippen LogP contribution in [0.3, 0.4) is 0 Å². The van der Waals surface area contributed by atoms with Crippen LogP contribution in [-0.2, 0) is 14.8 Å². The molecule has 2 fully saturated rings. The van der Waals surface area contributed by atoms with Crippen LogP contribution in [0.1, 0.15) is 37.7 Å². The van der Waals surface area contributed by atoms with E-state index in [0.717, 1.165) is 25.3 Å². The van der Waals surface area contributed by atoms with E-state index in [-0.39, 0.29) is 17.3 Å². The zero-order valence-electron chi connectivity index (χ0n) is 14.1. The van der Waals surface area contributed by atoms with Gasteiger partial charge in [0.15, 0.2) is 0 Å². The average molecular weight is 354 g/mol. The van der Waals surface area contributed by atoms with E-state index < -0.39 is 21.4 Å². The number of likely N-dealkylation sites (tertiary alicyclic amines) is 1. The van der Waals surface area contributed by atoms with Crippen molar-refractivity contribution in [3.63, 3.8) is 0 Å². The molecule has 2 aliphatic rings. The summed E-state index contributed by atoms with van der Waals surface area (Å²) in [5, 5.41) is 0. The quantitative estimate of drug-likeness (QED) is 0.819. The summed E-state index contributed by atoms with van der Waals surface area (Å²) in [6.07, 6.45) is 3.63. The number of piperidine rings is 2. The minimum atomic E-state index is -3.76. The molecule has 7 heteroatoms. The number of halogens is 1. The van der Waals surface area contributed by atoms with Crippen LogP contribution in [0.5, 0.6) is 0 Å². The highest BCUT2D eigenvalue weighted by molar-refractivity contribution is 7.89. The van der Waals surface area contributed by atoms with Crippen molar-refractivity contribution in [1.82, 2.24) is 9.21 Å². The predicted octanol–water partition coefficient (Wildman–Crippen LogP) is 2.30. The largest absolute Gasteiger partial charge is 0.339 e. The third-order valence-electron chi connectivity index (χ3n) is 5.42. The summed E-state index contributed by atoms with van der Waals surface area (Å²) in [7, 11) is -2.00. The lowest BCUT2D eigenvalue weighted by Gasteiger charge is -2.50. The van der Waals surface area contributed by atoms with E-state index in [1.165, 1.54) is 16.4 Å². The number of sulfonamides is 1. The second-order valence-electron chi connectivity index (χ2n) is 6.88. The number of likely N-dealkylation sites (N-methyl/N-ethyl adjacent to an activating group) is 1. The summed E-state index contributed by atoms with van der Waals surface area (Å²) in [5.74, 6) is -0.449. The lowest BCUT2D eigenvalue weighted by molar-refractivity contribution is -0.141. The minimum Gasteiger partial charge on any atom is -0.339 e. The third-order valence-corrected chi connectivity index (χ3v) is 7.26. The van der Waals surface area contributed by atoms with Crippen LogP contribution in [0.15, 0.2) is 23.1 Å². The van der Waals surface area contributed by atoms with Crippen LogP contribution in [0.25, 0.3) is 0 Å². The van der Waals surface area contributed by atoms with Gasteiger partial charge in [-0.2, -0.15) is 4.31 Å². The van der Waals surface area contributed by atoms with Crippen molar-refractivity contribution < 1.29 is 17.6 Å². The molecule has 1 spiro atoms. The summed E-state index contributed by atoms with van der Waals surface area (Å²) < 4.78 is 41.1. The van der Waals surface area contributed by atoms with Crippen molar-refractivity contribution in [3.05, 3.63) is 29.6 Å². The first-order valence-electron chi connectivity index (χ1n) is 8.29. The number of nitrogens with zero attached hydrogens (tertiary/aromatic N) is 2. The second kappa shape index (κ2) is 6.11. The third kappa shape index (κ3) is 2.84. The summed E-state index contributed by atoms with van der Waals surface area (Å²) >= 11 is 0. The zero-order valence-corrected chi connectivity index (χ0v) is 14.9. The fraction of sp³-hybridized carbons (Fsp3) is 0.588. The van der Waals surface area contributed by atoms with Gasteiger partial charge in [0.05, 0.1) is 10.4 Å². The first kappa shape index (κ1) is 17.4. The standard InChI is InChI=1S/C17H23FN2O3S/c1-13-6-7-14(11-15(13)18)24(22,23)20-10-4-9-17(12-20)8-3-5-16(21)19(17)2/h6-7,11H,3-5,8-10,12H2,1-2H3/t17-/m1/s1. The number of benzene rings is 1. The number of amides is 1. The number of hydrogen-bond donors (Lipinski definition) is 0. The molecule has 0 N–H and O–H groups in total. The van der Waals surface area contributed by atoms with Crippen LogP contribution in [-0.4, -0.2) is 49.2 Å². The molecule has 1 aromatic rings. The smallest absolute Gasteiger partial charge is 0.243 e. The van der Waals surface area contributed by atoms with Crippen LogP contribution < -0.4 is 0 Å². The van der Waals surface area contributed by atoms with Crippen LogP contribution in [0.2, 0.25) is 0 Å². The van der Waals surface area contributed by atoms with Gasteiger partial charge in [-0.15, -0.1) is 0 Å². The maximum absolute atomic E-state index is 13.8. The van der Waals surface area contributed by atoms with Crippen molar-refractivity contribution in [2.24, 2.45) is 0 Å². The predicted molar refractivity (Wildman–Crippen MR) is 88.5 cm³/mol. The topological polar surface area (TPSA) is 57.7 Å². The number of carbonyl (C=O) groups is 1. The second-order valence-corrected chi connectivity index (χ2v) is 8.82. The van der Waals surface area contributed by atoms with Crippen LogP contribution in [0.4, 0.5) is 4.39 Å². The van der Waals surface area contributed by atoms with Crippen LogP contribution >= 0.6 is 0 Å². The van der Waals surface area contributed by atoms with Gasteiger partial charge >= 0.3 is 0 Å². The molecule has 0 saturated carbocycles. The van der Waals surface area contributed by atoms with Gasteiger partial charge in [0, 0.05) is 26.6 Å². The number of hydrogen-bond acceptors (Lipinski definition) is 3. The Bertz CT molecular complexity index is 761.